The van der Waals surface area contributed by atoms with Crippen molar-refractivity contribution >= 4 is 17.9 Å². The number of unbranched alkanes of at least 4 members (excludes halogenated alkanes) is 27. The maximum Gasteiger partial charge on any atom is 0.306 e. The van der Waals surface area contributed by atoms with Crippen LogP contribution in [0.2, 0.25) is 0 Å². The van der Waals surface area contributed by atoms with E-state index in [1.807, 2.05) is 0 Å². The second-order valence-corrected chi connectivity index (χ2v) is 17.8. The minimum atomic E-state index is -0.781. The monoisotopic (exact) mass is 881 g/mol. The first-order chi connectivity index (χ1) is 31.0. The molecular weight excluding hydrogens is 781 g/mol. The van der Waals surface area contributed by atoms with E-state index in [4.69, 9.17) is 14.2 Å². The van der Waals surface area contributed by atoms with E-state index in [1.165, 1.54) is 122 Å². The van der Waals surface area contributed by atoms with E-state index in [2.05, 4.69) is 81.5 Å². The molecule has 0 aliphatic carbocycles. The van der Waals surface area contributed by atoms with Crippen molar-refractivity contribution in [1.29, 1.82) is 0 Å². The molecule has 0 aromatic carbocycles. The minimum absolute atomic E-state index is 0.0804. The van der Waals surface area contributed by atoms with Gasteiger partial charge >= 0.3 is 17.9 Å². The van der Waals surface area contributed by atoms with E-state index in [0.717, 1.165) is 103 Å². The number of hydrogen-bond acceptors (Lipinski definition) is 6. The van der Waals surface area contributed by atoms with Crippen LogP contribution >= 0.6 is 0 Å². The molecule has 0 fully saturated rings. The molecule has 1 unspecified atom stereocenters. The summed E-state index contributed by atoms with van der Waals surface area (Å²) in [4.78, 5) is 38.0. The van der Waals surface area contributed by atoms with Crippen LogP contribution in [0.1, 0.15) is 265 Å². The molecule has 0 rings (SSSR count). The van der Waals surface area contributed by atoms with Crippen molar-refractivity contribution in [3.05, 3.63) is 60.8 Å². The zero-order valence-corrected chi connectivity index (χ0v) is 41.6. The topological polar surface area (TPSA) is 78.9 Å². The maximum atomic E-state index is 12.8. The lowest BCUT2D eigenvalue weighted by molar-refractivity contribution is -0.167. The van der Waals surface area contributed by atoms with Crippen molar-refractivity contribution in [2.24, 2.45) is 0 Å². The third-order valence-electron chi connectivity index (χ3n) is 11.5. The molecule has 0 bridgehead atoms. The lowest BCUT2D eigenvalue weighted by atomic mass is 10.1. The fraction of sp³-hybridized carbons (Fsp3) is 0.772. The van der Waals surface area contributed by atoms with Crippen molar-refractivity contribution < 1.29 is 28.6 Å². The summed E-state index contributed by atoms with van der Waals surface area (Å²) in [5.41, 5.74) is 0. The van der Waals surface area contributed by atoms with Gasteiger partial charge in [-0.05, 0) is 83.5 Å². The standard InChI is InChI=1S/C57H100O6/c1-4-7-10-13-16-19-22-24-26-28-29-30-32-33-35-38-41-44-47-50-56(59)62-53-54(52-61-55(58)49-46-43-40-37-21-18-15-12-9-6-3)63-57(60)51-48-45-42-39-36-34-31-27-25-23-20-17-14-11-8-5-2/h7,10,16,19,24,26-27,29-31,54H,4-6,8-9,11-15,17-18,20-23,25,28,32-53H2,1-3H3/b10-7-,19-16-,26-24-,30-29-,31-27-. The van der Waals surface area contributed by atoms with Crippen LogP contribution in [-0.4, -0.2) is 37.2 Å². The zero-order chi connectivity index (χ0) is 45.8. The molecule has 0 aromatic rings. The Bertz CT molecular complexity index is 1150. The van der Waals surface area contributed by atoms with E-state index in [1.54, 1.807) is 0 Å². The molecule has 0 N–H and O–H groups in total. The van der Waals surface area contributed by atoms with Crippen LogP contribution in [0.15, 0.2) is 60.8 Å². The van der Waals surface area contributed by atoms with Gasteiger partial charge in [0.05, 0.1) is 0 Å². The Hall–Kier alpha value is -2.89. The highest BCUT2D eigenvalue weighted by molar-refractivity contribution is 5.71. The SMILES string of the molecule is CC/C=C\C/C=C\C/C=C\C/C=C\CCCCCCCCC(=O)OCC(COC(=O)CCCCCCCCCCCC)OC(=O)CCCCCCC/C=C\CCCCCCCCC. The summed E-state index contributed by atoms with van der Waals surface area (Å²) in [6.07, 6.45) is 63.5. The third kappa shape index (κ3) is 50.0. The van der Waals surface area contributed by atoms with Crippen molar-refractivity contribution in [3.8, 4) is 0 Å². The summed E-state index contributed by atoms with van der Waals surface area (Å²) in [7, 11) is 0. The second kappa shape index (κ2) is 51.7. The van der Waals surface area contributed by atoms with Crippen LogP contribution in [0.4, 0.5) is 0 Å². The number of rotatable bonds is 48. The molecule has 6 heteroatoms. The summed E-state index contributed by atoms with van der Waals surface area (Å²) >= 11 is 0. The average molecular weight is 881 g/mol. The summed E-state index contributed by atoms with van der Waals surface area (Å²) in [6, 6.07) is 0. The number of esters is 3. The third-order valence-corrected chi connectivity index (χ3v) is 11.5. The Morgan fingerprint density at radius 2 is 0.619 bits per heavy atom. The maximum absolute atomic E-state index is 12.8. The minimum Gasteiger partial charge on any atom is -0.462 e. The van der Waals surface area contributed by atoms with Crippen LogP contribution in [0.5, 0.6) is 0 Å². The summed E-state index contributed by atoms with van der Waals surface area (Å²) < 4.78 is 16.8. The first-order valence-electron chi connectivity index (χ1n) is 26.8. The van der Waals surface area contributed by atoms with Gasteiger partial charge in [-0.2, -0.15) is 0 Å². The smallest absolute Gasteiger partial charge is 0.306 e. The van der Waals surface area contributed by atoms with E-state index >= 15 is 0 Å². The molecule has 0 amide bonds. The fourth-order valence-electron chi connectivity index (χ4n) is 7.49. The Morgan fingerprint density at radius 3 is 0.984 bits per heavy atom. The number of hydrogen-bond donors (Lipinski definition) is 0. The molecule has 0 aromatic heterocycles. The highest BCUT2D eigenvalue weighted by atomic mass is 16.6. The van der Waals surface area contributed by atoms with Gasteiger partial charge < -0.3 is 14.2 Å². The quantitative estimate of drug-likeness (QED) is 0.0262. The molecule has 63 heavy (non-hydrogen) atoms. The predicted molar refractivity (Wildman–Crippen MR) is 270 cm³/mol. The molecule has 0 aliphatic heterocycles. The molecule has 364 valence electrons. The summed E-state index contributed by atoms with van der Waals surface area (Å²) in [5.74, 6) is -0.898. The van der Waals surface area contributed by atoms with Crippen LogP contribution in [-0.2, 0) is 28.6 Å². The lowest BCUT2D eigenvalue weighted by Crippen LogP contribution is -2.30. The molecule has 0 heterocycles. The Morgan fingerprint density at radius 1 is 0.333 bits per heavy atom. The summed E-state index contributed by atoms with van der Waals surface area (Å²) in [6.45, 7) is 6.50. The van der Waals surface area contributed by atoms with Crippen LogP contribution in [0.3, 0.4) is 0 Å². The first-order valence-corrected chi connectivity index (χ1v) is 26.8. The van der Waals surface area contributed by atoms with Gasteiger partial charge in [0, 0.05) is 19.3 Å². The average Bonchev–Trinajstić information content (AvgIpc) is 3.28. The van der Waals surface area contributed by atoms with Gasteiger partial charge in [0.1, 0.15) is 13.2 Å². The van der Waals surface area contributed by atoms with Crippen molar-refractivity contribution in [2.45, 2.75) is 271 Å². The van der Waals surface area contributed by atoms with Crippen molar-refractivity contribution in [2.75, 3.05) is 13.2 Å². The van der Waals surface area contributed by atoms with Crippen LogP contribution in [0.25, 0.3) is 0 Å². The van der Waals surface area contributed by atoms with Gasteiger partial charge in [-0.1, -0.05) is 223 Å². The second-order valence-electron chi connectivity index (χ2n) is 17.8. The fourth-order valence-corrected chi connectivity index (χ4v) is 7.49. The Balaban J connectivity index is 4.36. The normalized spacial score (nSPS) is 12.5. The van der Waals surface area contributed by atoms with Gasteiger partial charge in [-0.15, -0.1) is 0 Å². The number of carbonyl (C=O) groups is 3. The van der Waals surface area contributed by atoms with Gasteiger partial charge in [0.25, 0.3) is 0 Å². The molecule has 1 atom stereocenters. The molecule has 0 radical (unpaired) electrons. The van der Waals surface area contributed by atoms with Crippen molar-refractivity contribution in [3.63, 3.8) is 0 Å². The van der Waals surface area contributed by atoms with E-state index in [0.29, 0.717) is 19.3 Å². The van der Waals surface area contributed by atoms with Gasteiger partial charge in [0.15, 0.2) is 6.10 Å². The highest BCUT2D eigenvalue weighted by Crippen LogP contribution is 2.15. The molecule has 0 saturated carbocycles. The summed E-state index contributed by atoms with van der Waals surface area (Å²) in [5, 5.41) is 0. The van der Waals surface area contributed by atoms with Crippen molar-refractivity contribution in [1.82, 2.24) is 0 Å². The van der Waals surface area contributed by atoms with E-state index in [9.17, 15) is 14.4 Å². The Kier molecular flexibility index (Phi) is 49.4. The van der Waals surface area contributed by atoms with E-state index < -0.39 is 6.10 Å². The van der Waals surface area contributed by atoms with Crippen LogP contribution in [0, 0.1) is 0 Å². The van der Waals surface area contributed by atoms with Crippen LogP contribution < -0.4 is 0 Å². The largest absolute Gasteiger partial charge is 0.462 e. The lowest BCUT2D eigenvalue weighted by Gasteiger charge is -2.18. The zero-order valence-electron chi connectivity index (χ0n) is 41.6. The molecule has 0 saturated heterocycles. The number of ether oxygens (including phenoxy) is 3. The van der Waals surface area contributed by atoms with E-state index in [-0.39, 0.29) is 31.1 Å². The van der Waals surface area contributed by atoms with Gasteiger partial charge in [0.2, 0.25) is 0 Å². The predicted octanol–water partition coefficient (Wildman–Crippen LogP) is 17.6. The van der Waals surface area contributed by atoms with Gasteiger partial charge in [-0.25, -0.2) is 0 Å². The first kappa shape index (κ1) is 60.1. The van der Waals surface area contributed by atoms with Gasteiger partial charge in [-0.3, -0.25) is 14.4 Å². The molecular formula is C57H100O6. The highest BCUT2D eigenvalue weighted by Gasteiger charge is 2.19. The Labute approximate surface area is 390 Å². The number of allylic oxidation sites excluding steroid dienone is 10. The molecule has 0 spiro atoms. The number of carbonyl (C=O) groups excluding carboxylic acids is 3. The molecule has 0 aliphatic rings. The molecule has 6 nitrogen and oxygen atoms in total.